The average Bonchev–Trinajstić information content (AvgIpc) is 2.63. The smallest absolute Gasteiger partial charge is 0.200 e. The Kier molecular flexibility index (Phi) is 3.28. The van der Waals surface area contributed by atoms with Crippen LogP contribution < -0.4 is 4.57 Å². The lowest BCUT2D eigenvalue weighted by Crippen LogP contribution is -2.32. The third-order valence-electron chi connectivity index (χ3n) is 6.59. The lowest BCUT2D eigenvalue weighted by Gasteiger charge is -2.39. The predicted molar refractivity (Wildman–Crippen MR) is 104 cm³/mol. The quantitative estimate of drug-likeness (QED) is 0.504. The molecule has 0 saturated heterocycles. The van der Waals surface area contributed by atoms with E-state index in [1.54, 1.807) is 11.1 Å². The van der Waals surface area contributed by atoms with Gasteiger partial charge in [0.15, 0.2) is 6.20 Å². The summed E-state index contributed by atoms with van der Waals surface area (Å²) in [5, 5.41) is 2.74. The number of pyridine rings is 1. The molecule has 0 amide bonds. The van der Waals surface area contributed by atoms with Crippen LogP contribution in [0.15, 0.2) is 42.6 Å². The zero-order valence-corrected chi connectivity index (χ0v) is 15.5. The molecule has 0 unspecified atom stereocenters. The Morgan fingerprint density at radius 1 is 0.880 bits per heavy atom. The molecule has 0 radical (unpaired) electrons. The fourth-order valence-electron chi connectivity index (χ4n) is 5.35. The van der Waals surface area contributed by atoms with Crippen LogP contribution in [0.4, 0.5) is 0 Å². The first kappa shape index (κ1) is 15.1. The van der Waals surface area contributed by atoms with E-state index in [9.17, 15) is 0 Å². The van der Waals surface area contributed by atoms with Gasteiger partial charge in [-0.2, -0.15) is 0 Å². The second-order valence-corrected chi connectivity index (χ2v) is 8.17. The number of aryl methyl sites for hydroxylation is 3. The molecule has 0 atom stereocenters. The highest BCUT2D eigenvalue weighted by Crippen LogP contribution is 2.53. The van der Waals surface area contributed by atoms with Crippen molar-refractivity contribution in [2.45, 2.75) is 51.4 Å². The standard InChI is InChI=1S/C24H26N/c1-15-4-10-21-19(14-15)12-13-25(3)24(21)22-16(2)5-11-20-17-6-8-18(9-7-17)23(20)22/h4-5,10-14,17-18H,6-9H2,1-3H3/q+1. The Hall–Kier alpha value is -2.15. The molecule has 2 aromatic carbocycles. The molecule has 1 heteroatoms. The summed E-state index contributed by atoms with van der Waals surface area (Å²) in [6, 6.07) is 13.9. The maximum absolute atomic E-state index is 2.43. The van der Waals surface area contributed by atoms with Crippen molar-refractivity contribution in [3.05, 3.63) is 64.8 Å². The highest BCUT2D eigenvalue weighted by atomic mass is 14.9. The van der Waals surface area contributed by atoms with Crippen LogP contribution in [0.5, 0.6) is 0 Å². The fraction of sp³-hybridized carbons (Fsp3) is 0.375. The fourth-order valence-corrected chi connectivity index (χ4v) is 5.35. The van der Waals surface area contributed by atoms with Crippen LogP contribution in [0.1, 0.15) is 59.8 Å². The molecular weight excluding hydrogens is 302 g/mol. The van der Waals surface area contributed by atoms with Gasteiger partial charge in [-0.1, -0.05) is 29.8 Å². The first-order valence-electron chi connectivity index (χ1n) is 9.66. The summed E-state index contributed by atoms with van der Waals surface area (Å²) in [6.07, 6.45) is 7.77. The van der Waals surface area contributed by atoms with Crippen LogP contribution in [0.2, 0.25) is 0 Å². The van der Waals surface area contributed by atoms with Crippen LogP contribution in [0.25, 0.3) is 22.0 Å². The molecule has 0 N–H and O–H groups in total. The monoisotopic (exact) mass is 328 g/mol. The van der Waals surface area contributed by atoms with Gasteiger partial charge in [0, 0.05) is 6.07 Å². The Balaban J connectivity index is 1.88. The Labute approximate surface area is 150 Å². The lowest BCUT2D eigenvalue weighted by atomic mass is 9.65. The molecule has 2 bridgehead atoms. The second kappa shape index (κ2) is 5.42. The lowest BCUT2D eigenvalue weighted by molar-refractivity contribution is -0.659. The number of nitrogens with zero attached hydrogens (tertiary/aromatic N) is 1. The first-order chi connectivity index (χ1) is 12.1. The van der Waals surface area contributed by atoms with Gasteiger partial charge in [-0.15, -0.1) is 0 Å². The molecule has 1 heterocycles. The summed E-state index contributed by atoms with van der Waals surface area (Å²) in [6.45, 7) is 4.48. The van der Waals surface area contributed by atoms with Crippen molar-refractivity contribution in [2.75, 3.05) is 0 Å². The number of benzene rings is 2. The van der Waals surface area contributed by atoms with E-state index in [-0.39, 0.29) is 0 Å². The number of fused-ring (bicyclic) bond motifs is 3. The van der Waals surface area contributed by atoms with Gasteiger partial charge in [0.1, 0.15) is 7.05 Å². The molecule has 1 saturated carbocycles. The average molecular weight is 328 g/mol. The van der Waals surface area contributed by atoms with E-state index in [2.05, 4.69) is 68.1 Å². The summed E-state index contributed by atoms with van der Waals surface area (Å²) in [5.74, 6) is 1.55. The summed E-state index contributed by atoms with van der Waals surface area (Å²) in [7, 11) is 2.20. The summed E-state index contributed by atoms with van der Waals surface area (Å²) < 4.78 is 2.34. The van der Waals surface area contributed by atoms with Crippen LogP contribution >= 0.6 is 0 Å². The summed E-state index contributed by atoms with van der Waals surface area (Å²) in [4.78, 5) is 0. The van der Waals surface area contributed by atoms with E-state index in [1.165, 1.54) is 58.8 Å². The van der Waals surface area contributed by atoms with Gasteiger partial charge in [-0.05, 0) is 79.5 Å². The maximum atomic E-state index is 2.43. The SMILES string of the molecule is Cc1ccc2c(-c3c(C)ccc4c3C3CCC4CC3)[n+](C)ccc2c1. The summed E-state index contributed by atoms with van der Waals surface area (Å²) in [5.41, 5.74) is 9.00. The van der Waals surface area contributed by atoms with E-state index in [4.69, 9.17) is 0 Å². The highest BCUT2D eigenvalue weighted by Gasteiger charge is 2.37. The van der Waals surface area contributed by atoms with Crippen molar-refractivity contribution < 1.29 is 4.57 Å². The number of hydrogen-bond donors (Lipinski definition) is 0. The molecule has 0 aliphatic heterocycles. The van der Waals surface area contributed by atoms with Crippen molar-refractivity contribution >= 4 is 10.8 Å². The Morgan fingerprint density at radius 2 is 1.64 bits per heavy atom. The van der Waals surface area contributed by atoms with E-state index in [1.807, 2.05) is 0 Å². The van der Waals surface area contributed by atoms with Crippen LogP contribution in [0.3, 0.4) is 0 Å². The van der Waals surface area contributed by atoms with Crippen LogP contribution in [0, 0.1) is 13.8 Å². The molecule has 1 fully saturated rings. The van der Waals surface area contributed by atoms with Gasteiger partial charge in [0.25, 0.3) is 0 Å². The molecule has 3 aliphatic carbocycles. The Bertz CT molecular complexity index is 991. The zero-order valence-electron chi connectivity index (χ0n) is 15.5. The van der Waals surface area contributed by atoms with Gasteiger partial charge in [-0.3, -0.25) is 0 Å². The molecule has 126 valence electrons. The van der Waals surface area contributed by atoms with Crippen molar-refractivity contribution in [3.8, 4) is 11.3 Å². The topological polar surface area (TPSA) is 3.88 Å². The molecule has 3 aliphatic rings. The van der Waals surface area contributed by atoms with Gasteiger partial charge >= 0.3 is 0 Å². The number of hydrogen-bond acceptors (Lipinski definition) is 0. The summed E-state index contributed by atoms with van der Waals surface area (Å²) >= 11 is 0. The molecule has 1 nitrogen and oxygen atoms in total. The third kappa shape index (κ3) is 2.18. The van der Waals surface area contributed by atoms with Gasteiger partial charge < -0.3 is 0 Å². The largest absolute Gasteiger partial charge is 0.220 e. The molecule has 25 heavy (non-hydrogen) atoms. The first-order valence-corrected chi connectivity index (χ1v) is 9.66. The normalized spacial score (nSPS) is 21.6. The molecule has 1 aromatic heterocycles. The van der Waals surface area contributed by atoms with Gasteiger partial charge in [-0.25, -0.2) is 4.57 Å². The highest BCUT2D eigenvalue weighted by molar-refractivity contribution is 5.95. The second-order valence-electron chi connectivity index (χ2n) is 8.17. The molecule has 3 aromatic rings. The molecule has 6 rings (SSSR count). The maximum Gasteiger partial charge on any atom is 0.220 e. The third-order valence-corrected chi connectivity index (χ3v) is 6.59. The molecular formula is C24H26N+. The van der Waals surface area contributed by atoms with E-state index in [0.717, 1.165) is 11.8 Å². The van der Waals surface area contributed by atoms with Gasteiger partial charge in [0.05, 0.1) is 10.9 Å². The van der Waals surface area contributed by atoms with Crippen molar-refractivity contribution in [1.82, 2.24) is 0 Å². The predicted octanol–water partition coefficient (Wildman–Crippen LogP) is 5.70. The minimum absolute atomic E-state index is 0.760. The van der Waals surface area contributed by atoms with Crippen molar-refractivity contribution in [2.24, 2.45) is 7.05 Å². The van der Waals surface area contributed by atoms with E-state index >= 15 is 0 Å². The molecule has 0 spiro atoms. The van der Waals surface area contributed by atoms with Crippen molar-refractivity contribution in [3.63, 3.8) is 0 Å². The van der Waals surface area contributed by atoms with E-state index < -0.39 is 0 Å². The van der Waals surface area contributed by atoms with Crippen molar-refractivity contribution in [1.29, 1.82) is 0 Å². The van der Waals surface area contributed by atoms with Crippen LogP contribution in [-0.4, -0.2) is 0 Å². The Morgan fingerprint density at radius 3 is 2.44 bits per heavy atom. The van der Waals surface area contributed by atoms with E-state index in [0.29, 0.717) is 0 Å². The number of aromatic nitrogens is 1. The minimum atomic E-state index is 0.760. The number of rotatable bonds is 1. The zero-order chi connectivity index (χ0) is 17.1. The van der Waals surface area contributed by atoms with Gasteiger partial charge in [0.2, 0.25) is 5.69 Å². The van der Waals surface area contributed by atoms with Crippen LogP contribution in [-0.2, 0) is 7.05 Å². The minimum Gasteiger partial charge on any atom is -0.200 e.